The van der Waals surface area contributed by atoms with Crippen LogP contribution in [0.3, 0.4) is 0 Å². The Morgan fingerprint density at radius 2 is 1.19 bits per heavy atom. The number of anilines is 2. The summed E-state index contributed by atoms with van der Waals surface area (Å²) in [4.78, 5) is 5.21. The Hall–Kier alpha value is -3.29. The largest absolute Gasteiger partial charge is 0.325 e. The highest BCUT2D eigenvalue weighted by atomic mass is 35.5. The minimum absolute atomic E-state index is 0.117. The summed E-state index contributed by atoms with van der Waals surface area (Å²) in [7, 11) is -0.498. The lowest BCUT2D eigenvalue weighted by Gasteiger charge is -2.35. The molecule has 1 atom stereocenters. The van der Waals surface area contributed by atoms with Crippen molar-refractivity contribution in [2.75, 3.05) is 35.2 Å². The molecular weight excluding hydrogens is 706 g/mol. The van der Waals surface area contributed by atoms with E-state index in [4.69, 9.17) is 23.2 Å². The van der Waals surface area contributed by atoms with Crippen LogP contribution in [0, 0.1) is 41.5 Å². The zero-order chi connectivity index (χ0) is 37.8. The number of hydrogen-bond acceptors (Lipinski definition) is 2. The maximum atomic E-state index is 8.11. The Morgan fingerprint density at radius 1 is 0.698 bits per heavy atom. The number of unbranched alkanes of at least 4 members (excludes halogenated alkanes) is 2. The van der Waals surface area contributed by atoms with Crippen LogP contribution in [0.1, 0.15) is 96.0 Å². The smallest absolute Gasteiger partial charge is 0.114 e. The van der Waals surface area contributed by atoms with Gasteiger partial charge in [-0.05, 0) is 123 Å². The topological polar surface area (TPSA) is 6.48 Å². The molecule has 0 aromatic heterocycles. The van der Waals surface area contributed by atoms with E-state index in [0.29, 0.717) is 6.42 Å². The molecule has 4 aromatic rings. The van der Waals surface area contributed by atoms with Crippen molar-refractivity contribution < 1.29 is 0 Å². The van der Waals surface area contributed by atoms with Crippen LogP contribution >= 0.6 is 31.1 Å². The van der Waals surface area contributed by atoms with Gasteiger partial charge in [-0.2, -0.15) is 0 Å². The Kier molecular flexibility index (Phi) is 13.0. The van der Waals surface area contributed by atoms with Crippen molar-refractivity contribution in [1.29, 1.82) is 0 Å². The van der Waals surface area contributed by atoms with Gasteiger partial charge < -0.3 is 9.80 Å². The predicted octanol–water partition coefficient (Wildman–Crippen LogP) is 14.3. The van der Waals surface area contributed by atoms with Gasteiger partial charge >= 0.3 is 0 Å². The average Bonchev–Trinajstić information content (AvgIpc) is 3.72. The first-order valence-electron chi connectivity index (χ1n) is 19.6. The zero-order valence-corrected chi connectivity index (χ0v) is 35.5. The van der Waals surface area contributed by atoms with Crippen molar-refractivity contribution in [1.82, 2.24) is 0 Å². The van der Waals surface area contributed by atoms with Crippen molar-refractivity contribution in [2.45, 2.75) is 92.6 Å². The third kappa shape index (κ3) is 8.37. The van der Waals surface area contributed by atoms with Crippen molar-refractivity contribution in [3.8, 4) is 0 Å². The van der Waals surface area contributed by atoms with Gasteiger partial charge in [-0.1, -0.05) is 136 Å². The van der Waals surface area contributed by atoms with Gasteiger partial charge in [0.05, 0.1) is 5.12 Å². The minimum atomic E-state index is -0.498. The molecule has 0 spiro atoms. The molecule has 0 amide bonds. The molecule has 1 heterocycles. The second-order valence-electron chi connectivity index (χ2n) is 15.2. The van der Waals surface area contributed by atoms with E-state index in [9.17, 15) is 0 Å². The fraction of sp³-hybridized carbons (Fsp3) is 0.375. The first-order valence-corrected chi connectivity index (χ1v) is 22.2. The van der Waals surface area contributed by atoms with Gasteiger partial charge in [-0.15, -0.1) is 11.6 Å². The Balaban J connectivity index is 1.64. The highest BCUT2D eigenvalue weighted by molar-refractivity contribution is 7.60. The predicted molar refractivity (Wildman–Crippen MR) is 237 cm³/mol. The van der Waals surface area contributed by atoms with E-state index in [-0.39, 0.29) is 5.12 Å². The van der Waals surface area contributed by atoms with E-state index in [0.717, 1.165) is 23.7 Å². The molecule has 53 heavy (non-hydrogen) atoms. The van der Waals surface area contributed by atoms with Gasteiger partial charge in [0, 0.05) is 41.5 Å². The first kappa shape index (κ1) is 39.4. The molecule has 1 saturated heterocycles. The van der Waals surface area contributed by atoms with E-state index in [1.807, 2.05) is 0 Å². The lowest BCUT2D eigenvalue weighted by Crippen LogP contribution is -2.29. The number of fused-ring (bicyclic) bond motifs is 1. The summed E-state index contributed by atoms with van der Waals surface area (Å²) >= 11 is 16.0. The summed E-state index contributed by atoms with van der Waals surface area (Å²) in [5.74, 6) is 1.23. The Bertz CT molecular complexity index is 1920. The quantitative estimate of drug-likeness (QED) is 0.0988. The van der Waals surface area contributed by atoms with Crippen molar-refractivity contribution in [3.05, 3.63) is 145 Å². The number of hydrogen-bond donors (Lipinski definition) is 0. The fourth-order valence-corrected chi connectivity index (χ4v) is 12.6. The third-order valence-corrected chi connectivity index (χ3v) is 15.0. The zero-order valence-electron chi connectivity index (χ0n) is 33.1. The van der Waals surface area contributed by atoms with Crippen molar-refractivity contribution >= 4 is 59.7 Å². The van der Waals surface area contributed by atoms with Gasteiger partial charge in [0.15, 0.2) is 0 Å². The van der Waals surface area contributed by atoms with E-state index >= 15 is 0 Å². The van der Waals surface area contributed by atoms with Gasteiger partial charge in [-0.3, -0.25) is 0 Å². The minimum Gasteiger partial charge on any atom is -0.325 e. The van der Waals surface area contributed by atoms with Crippen LogP contribution in [0.2, 0.25) is 0 Å². The number of rotatable bonds is 13. The van der Waals surface area contributed by atoms with E-state index in [1.165, 1.54) is 116 Å². The molecule has 0 bridgehead atoms. The Morgan fingerprint density at radius 3 is 1.70 bits per heavy atom. The highest BCUT2D eigenvalue weighted by Crippen LogP contribution is 2.54. The summed E-state index contributed by atoms with van der Waals surface area (Å²) in [6.07, 6.45) is 10.0. The third-order valence-electron chi connectivity index (χ3n) is 10.9. The second-order valence-corrected chi connectivity index (χ2v) is 19.0. The molecule has 4 aromatic carbocycles. The maximum Gasteiger partial charge on any atom is 0.114 e. The van der Waals surface area contributed by atoms with Crippen LogP contribution in [0.4, 0.5) is 11.4 Å². The van der Waals surface area contributed by atoms with Crippen LogP contribution in [-0.2, 0) is 0 Å². The first-order chi connectivity index (χ1) is 25.5. The van der Waals surface area contributed by atoms with Gasteiger partial charge in [-0.25, -0.2) is 0 Å². The number of halogens is 2. The van der Waals surface area contributed by atoms with Gasteiger partial charge in [0.2, 0.25) is 0 Å². The molecule has 2 nitrogen and oxygen atoms in total. The molecule has 1 unspecified atom stereocenters. The van der Waals surface area contributed by atoms with Crippen LogP contribution in [0.15, 0.2) is 95.3 Å². The lowest BCUT2D eigenvalue weighted by molar-refractivity contribution is 0.862. The second kappa shape index (κ2) is 17.5. The summed E-state index contributed by atoms with van der Waals surface area (Å²) in [5.41, 5.74) is 17.5. The number of aryl methyl sites for hydroxylation is 6. The van der Waals surface area contributed by atoms with Crippen LogP contribution in [0.25, 0.3) is 17.2 Å². The molecule has 6 rings (SSSR count). The molecule has 1 aliphatic heterocycles. The average molecular weight is 764 g/mol. The number of alkyl halides is 1. The normalized spacial score (nSPS) is 15.7. The molecule has 1 aliphatic carbocycles. The van der Waals surface area contributed by atoms with Crippen molar-refractivity contribution in [2.24, 2.45) is 0 Å². The van der Waals surface area contributed by atoms with Crippen molar-refractivity contribution in [3.63, 3.8) is 0 Å². The van der Waals surface area contributed by atoms with Gasteiger partial charge in [0.25, 0.3) is 0 Å². The number of benzene rings is 4. The highest BCUT2D eigenvalue weighted by Gasteiger charge is 2.37. The summed E-state index contributed by atoms with van der Waals surface area (Å²) < 4.78 is 0. The maximum absolute atomic E-state index is 8.11. The summed E-state index contributed by atoms with van der Waals surface area (Å²) in [6, 6.07) is 28.8. The Labute approximate surface area is 331 Å². The fourth-order valence-electron chi connectivity index (χ4n) is 8.70. The monoisotopic (exact) mass is 762 g/mol. The van der Waals surface area contributed by atoms with Crippen LogP contribution in [-0.4, -0.2) is 30.5 Å². The summed E-state index contributed by atoms with van der Waals surface area (Å²) in [5, 5.41) is 0.745. The number of nitrogens with zero attached hydrogens (tertiary/aromatic N) is 2. The van der Waals surface area contributed by atoms with Gasteiger partial charge in [0.1, 0.15) is 5.82 Å². The molecule has 0 saturated carbocycles. The molecule has 5 heteroatoms. The molecule has 278 valence electrons. The van der Waals surface area contributed by atoms with Crippen LogP contribution < -0.4 is 9.80 Å². The molecule has 1 fully saturated rings. The lowest BCUT2D eigenvalue weighted by atomic mass is 9.95. The molecular formula is C48H57Cl2N2P. The van der Waals surface area contributed by atoms with E-state index in [1.54, 1.807) is 0 Å². The SMILES string of the molecule is CCCCP(CCCC)C(Cl)C(CC(Cl)=C1C(c2ccccc2)=Cc2ccccc21)=C1N(c2c(C)cc(C)cc2C)CCN1c1c(C)cc(C)cc1C. The van der Waals surface area contributed by atoms with E-state index in [2.05, 4.69) is 150 Å². The molecule has 2 aliphatic rings. The summed E-state index contributed by atoms with van der Waals surface area (Å²) in [6.45, 7) is 19.9. The molecule has 0 radical (unpaired) electrons. The van der Waals surface area contributed by atoms with Crippen LogP contribution in [0.5, 0.6) is 0 Å². The standard InChI is InChI=1S/C48H57Cl2N2P/c1-9-11-24-53(25-12-10-2)47(50)42(31-43(49)44-40-21-17-16-20-39(40)30-41(44)38-18-14-13-15-19-38)48-51(45-34(5)26-32(3)27-35(45)6)22-23-52(48)46-36(7)28-33(4)29-37(46)8/h13-21,26-30,47H,9-12,22-25,31H2,1-8H3. The number of allylic oxidation sites excluding steroid dienone is 4. The molecule has 0 N–H and O–H groups in total. The van der Waals surface area contributed by atoms with E-state index < -0.39 is 7.92 Å².